The van der Waals surface area contributed by atoms with E-state index in [9.17, 15) is 14.4 Å². The van der Waals surface area contributed by atoms with E-state index < -0.39 is 5.97 Å². The summed E-state index contributed by atoms with van der Waals surface area (Å²) in [5.74, 6) is -0.724. The number of carbonyl (C=O) groups is 3. The van der Waals surface area contributed by atoms with Crippen LogP contribution < -0.4 is 0 Å². The monoisotopic (exact) mass is 388 g/mol. The van der Waals surface area contributed by atoms with Gasteiger partial charge in [-0.05, 0) is 19.1 Å². The summed E-state index contributed by atoms with van der Waals surface area (Å²) in [6.07, 6.45) is 1.26. The molecule has 0 atom stereocenters. The molecule has 1 aliphatic rings. The second-order valence-electron chi connectivity index (χ2n) is 4.96. The van der Waals surface area contributed by atoms with Crippen molar-refractivity contribution in [1.29, 1.82) is 0 Å². The topological polar surface area (TPSA) is 66.9 Å². The third-order valence-corrected chi connectivity index (χ3v) is 5.42. The molecule has 2 heterocycles. The Labute approximate surface area is 153 Å². The summed E-state index contributed by atoms with van der Waals surface area (Å²) < 4.78 is 5.51. The second-order valence-corrected chi connectivity index (χ2v) is 7.75. The van der Waals surface area contributed by atoms with Gasteiger partial charge >= 0.3 is 5.97 Å². The lowest BCUT2D eigenvalue weighted by atomic mass is 10.4. The van der Waals surface area contributed by atoms with Crippen molar-refractivity contribution in [3.63, 3.8) is 0 Å². The molecule has 130 valence electrons. The molecule has 1 saturated heterocycles. The van der Waals surface area contributed by atoms with Crippen LogP contribution in [0.25, 0.3) is 0 Å². The summed E-state index contributed by atoms with van der Waals surface area (Å²) in [5.41, 5.74) is 0. The molecule has 2 amide bonds. The number of nitrogens with zero attached hydrogens (tertiary/aromatic N) is 2. The normalized spacial score (nSPS) is 15.9. The molecule has 0 N–H and O–H groups in total. The number of thiophene rings is 1. The van der Waals surface area contributed by atoms with Crippen LogP contribution in [0.3, 0.4) is 0 Å². The average Bonchev–Trinajstić information content (AvgIpc) is 3.07. The van der Waals surface area contributed by atoms with E-state index in [1.807, 2.05) is 6.07 Å². The summed E-state index contributed by atoms with van der Waals surface area (Å²) in [6.45, 7) is 2.28. The van der Waals surface area contributed by atoms with Crippen molar-refractivity contribution in [2.45, 2.75) is 13.5 Å². The maximum absolute atomic E-state index is 12.4. The fourth-order valence-corrected chi connectivity index (χ4v) is 4.07. The summed E-state index contributed by atoms with van der Waals surface area (Å²) in [5, 5.41) is 0.444. The highest BCUT2D eigenvalue weighted by atomic mass is 35.5. The van der Waals surface area contributed by atoms with Gasteiger partial charge in [-0.25, -0.2) is 4.79 Å². The van der Waals surface area contributed by atoms with Crippen LogP contribution in [0.2, 0.25) is 4.34 Å². The summed E-state index contributed by atoms with van der Waals surface area (Å²) in [4.78, 5) is 39.7. The van der Waals surface area contributed by atoms with E-state index in [1.165, 1.54) is 39.0 Å². The molecular weight excluding hydrogens is 372 g/mol. The minimum atomic E-state index is -0.520. The van der Waals surface area contributed by atoms with Crippen LogP contribution in [-0.2, 0) is 25.7 Å². The summed E-state index contributed by atoms with van der Waals surface area (Å²) >= 11 is 8.51. The number of hydrogen-bond acceptors (Lipinski definition) is 6. The predicted molar refractivity (Wildman–Crippen MR) is 94.7 cm³/mol. The molecule has 1 aromatic heterocycles. The van der Waals surface area contributed by atoms with Crippen LogP contribution >= 0.6 is 34.7 Å². The molecule has 9 heteroatoms. The van der Waals surface area contributed by atoms with Crippen molar-refractivity contribution >= 4 is 52.5 Å². The molecule has 6 nitrogen and oxygen atoms in total. The lowest BCUT2D eigenvalue weighted by Crippen LogP contribution is -2.38. The first-order valence-corrected chi connectivity index (χ1v) is 9.38. The smallest absolute Gasteiger partial charge is 0.333 e. The Morgan fingerprint density at radius 1 is 1.46 bits per heavy atom. The Hall–Kier alpha value is -1.51. The van der Waals surface area contributed by atoms with Crippen LogP contribution in [0.4, 0.5) is 0 Å². The zero-order chi connectivity index (χ0) is 17.7. The fraction of sp³-hybridized carbons (Fsp3) is 0.400. The molecule has 0 aliphatic carbocycles. The van der Waals surface area contributed by atoms with Crippen molar-refractivity contribution in [1.82, 2.24) is 9.80 Å². The third-order valence-electron chi connectivity index (χ3n) is 3.18. The van der Waals surface area contributed by atoms with Crippen molar-refractivity contribution < 1.29 is 19.1 Å². The van der Waals surface area contributed by atoms with Crippen molar-refractivity contribution in [2.24, 2.45) is 0 Å². The van der Waals surface area contributed by atoms with Gasteiger partial charge in [0.15, 0.2) is 0 Å². The van der Waals surface area contributed by atoms with Crippen LogP contribution in [-0.4, -0.2) is 53.5 Å². The van der Waals surface area contributed by atoms with Gasteiger partial charge in [-0.15, -0.1) is 11.3 Å². The standard InChI is InChI=1S/C15H17ClN2O4S2/c1-3-22-15(21)6-14-18(13(20)9-23-14)8-12(19)17(2)7-10-4-5-11(16)24-10/h4-6H,3,7-9H2,1-2H3/b14-6-. The van der Waals surface area contributed by atoms with E-state index in [1.54, 1.807) is 20.0 Å². The van der Waals surface area contributed by atoms with Gasteiger partial charge in [0.2, 0.25) is 11.8 Å². The maximum atomic E-state index is 12.4. The molecule has 2 rings (SSSR count). The Morgan fingerprint density at radius 3 is 2.83 bits per heavy atom. The van der Waals surface area contributed by atoms with Crippen LogP contribution in [0.1, 0.15) is 11.8 Å². The van der Waals surface area contributed by atoms with Gasteiger partial charge in [0, 0.05) is 11.9 Å². The SMILES string of the molecule is CCOC(=O)/C=C1\SCC(=O)N1CC(=O)N(C)Cc1ccc(Cl)s1. The molecule has 1 aliphatic heterocycles. The van der Waals surface area contributed by atoms with Gasteiger partial charge in [0.25, 0.3) is 0 Å². The molecular formula is C15H17ClN2O4S2. The molecule has 0 aromatic carbocycles. The highest BCUT2D eigenvalue weighted by molar-refractivity contribution is 8.04. The Kier molecular flexibility index (Phi) is 6.70. The zero-order valence-corrected chi connectivity index (χ0v) is 15.7. The Bertz CT molecular complexity index is 674. The maximum Gasteiger partial charge on any atom is 0.333 e. The number of hydrogen-bond donors (Lipinski definition) is 0. The number of likely N-dealkylation sites (N-methyl/N-ethyl adjacent to an activating group) is 1. The minimum absolute atomic E-state index is 0.104. The number of rotatable bonds is 6. The minimum Gasteiger partial charge on any atom is -0.463 e. The molecule has 0 radical (unpaired) electrons. The molecule has 0 saturated carbocycles. The highest BCUT2D eigenvalue weighted by Crippen LogP contribution is 2.29. The van der Waals surface area contributed by atoms with E-state index in [-0.39, 0.29) is 30.7 Å². The van der Waals surface area contributed by atoms with Crippen molar-refractivity contribution in [3.8, 4) is 0 Å². The van der Waals surface area contributed by atoms with Gasteiger partial charge in [-0.1, -0.05) is 23.4 Å². The number of amides is 2. The first-order chi connectivity index (χ1) is 11.4. The molecule has 24 heavy (non-hydrogen) atoms. The lowest BCUT2D eigenvalue weighted by Gasteiger charge is -2.21. The van der Waals surface area contributed by atoms with Crippen LogP contribution in [0.15, 0.2) is 23.2 Å². The summed E-state index contributed by atoms with van der Waals surface area (Å²) in [7, 11) is 1.67. The van der Waals surface area contributed by atoms with Gasteiger partial charge in [-0.2, -0.15) is 0 Å². The van der Waals surface area contributed by atoms with Gasteiger partial charge in [0.1, 0.15) is 6.54 Å². The van der Waals surface area contributed by atoms with Crippen molar-refractivity contribution in [2.75, 3.05) is 26.0 Å². The van der Waals surface area contributed by atoms with Gasteiger partial charge in [-0.3, -0.25) is 14.5 Å². The molecule has 1 fully saturated rings. The molecule has 0 spiro atoms. The van der Waals surface area contributed by atoms with E-state index >= 15 is 0 Å². The van der Waals surface area contributed by atoms with E-state index in [2.05, 4.69) is 0 Å². The second kappa shape index (κ2) is 8.55. The van der Waals surface area contributed by atoms with Crippen molar-refractivity contribution in [3.05, 3.63) is 32.5 Å². The van der Waals surface area contributed by atoms with E-state index in [0.717, 1.165) is 4.88 Å². The highest BCUT2D eigenvalue weighted by Gasteiger charge is 2.30. The van der Waals surface area contributed by atoms with E-state index in [4.69, 9.17) is 16.3 Å². The first-order valence-electron chi connectivity index (χ1n) is 7.20. The van der Waals surface area contributed by atoms with E-state index in [0.29, 0.717) is 15.9 Å². The third kappa shape index (κ3) is 4.99. The lowest BCUT2D eigenvalue weighted by molar-refractivity contribution is -0.138. The van der Waals surface area contributed by atoms with Crippen LogP contribution in [0.5, 0.6) is 0 Å². The molecule has 1 aromatic rings. The predicted octanol–water partition coefficient (Wildman–Crippen LogP) is 2.34. The quantitative estimate of drug-likeness (QED) is 0.552. The fourth-order valence-electron chi connectivity index (χ4n) is 2.00. The zero-order valence-electron chi connectivity index (χ0n) is 13.3. The number of carbonyl (C=O) groups excluding carboxylic acids is 3. The number of esters is 1. The Balaban J connectivity index is 1.99. The molecule has 0 unspecified atom stereocenters. The first kappa shape index (κ1) is 18.8. The van der Waals surface area contributed by atoms with Gasteiger partial charge in [0.05, 0.1) is 34.3 Å². The number of ether oxygens (including phenoxy) is 1. The van der Waals surface area contributed by atoms with Gasteiger partial charge < -0.3 is 9.64 Å². The number of thioether (sulfide) groups is 1. The number of halogens is 1. The Morgan fingerprint density at radius 2 is 2.21 bits per heavy atom. The average molecular weight is 389 g/mol. The molecule has 0 bridgehead atoms. The largest absolute Gasteiger partial charge is 0.463 e. The summed E-state index contributed by atoms with van der Waals surface area (Å²) in [6, 6.07) is 3.64. The van der Waals surface area contributed by atoms with Crippen LogP contribution in [0, 0.1) is 0 Å².